The number of carbonyl (C=O) groups is 1. The van der Waals surface area contributed by atoms with Gasteiger partial charge in [0.15, 0.2) is 0 Å². The lowest BCUT2D eigenvalue weighted by Crippen LogP contribution is -2.24. The van der Waals surface area contributed by atoms with Crippen molar-refractivity contribution < 1.29 is 24.2 Å². The number of allylic oxidation sites excluding steroid dienone is 3. The van der Waals surface area contributed by atoms with Crippen LogP contribution < -0.4 is 15.5 Å². The minimum atomic E-state index is -0.703. The lowest BCUT2D eigenvalue weighted by atomic mass is 9.95. The van der Waals surface area contributed by atoms with Gasteiger partial charge in [0.2, 0.25) is 6.29 Å². The summed E-state index contributed by atoms with van der Waals surface area (Å²) in [5.74, 6) is 2.10. The van der Waals surface area contributed by atoms with E-state index in [0.717, 1.165) is 18.6 Å². The Morgan fingerprint density at radius 3 is 2.76 bits per heavy atom. The summed E-state index contributed by atoms with van der Waals surface area (Å²) in [7, 11) is 1.63. The molecule has 0 saturated heterocycles. The van der Waals surface area contributed by atoms with Gasteiger partial charge in [-0.2, -0.15) is 0 Å². The minimum absolute atomic E-state index is 0.266. The van der Waals surface area contributed by atoms with Crippen LogP contribution in [0.3, 0.4) is 0 Å². The molecule has 3 N–H and O–H groups in total. The number of fused-ring (bicyclic) bond motifs is 1. The second-order valence-corrected chi connectivity index (χ2v) is 5.76. The predicted octanol–water partition coefficient (Wildman–Crippen LogP) is 3.46. The van der Waals surface area contributed by atoms with Gasteiger partial charge in [-0.3, -0.25) is 5.21 Å². The van der Waals surface area contributed by atoms with Gasteiger partial charge in [-0.05, 0) is 49.3 Å². The van der Waals surface area contributed by atoms with Crippen molar-refractivity contribution in [2.45, 2.75) is 26.1 Å². The highest BCUT2D eigenvalue weighted by Gasteiger charge is 2.25. The van der Waals surface area contributed by atoms with E-state index in [4.69, 9.17) is 19.4 Å². The van der Waals surface area contributed by atoms with Crippen LogP contribution >= 0.6 is 0 Å². The zero-order valence-corrected chi connectivity index (χ0v) is 14.0. The molecular weight excluding hydrogens is 324 g/mol. The van der Waals surface area contributed by atoms with Crippen molar-refractivity contribution in [1.29, 1.82) is 0 Å². The van der Waals surface area contributed by atoms with Crippen molar-refractivity contribution in [3.8, 4) is 5.75 Å². The van der Waals surface area contributed by atoms with E-state index in [1.54, 1.807) is 31.4 Å². The Kier molecular flexibility index (Phi) is 5.06. The van der Waals surface area contributed by atoms with Crippen LogP contribution in [0.2, 0.25) is 0 Å². The largest absolute Gasteiger partial charge is 0.464 e. The van der Waals surface area contributed by atoms with E-state index in [-0.39, 0.29) is 6.29 Å². The molecule has 1 aromatic rings. The first-order valence-electron chi connectivity index (χ1n) is 7.88. The number of methoxy groups -OCH3 is 1. The Morgan fingerprint density at radius 1 is 1.32 bits per heavy atom. The van der Waals surface area contributed by atoms with E-state index in [2.05, 4.69) is 12.2 Å². The molecule has 0 fully saturated rings. The molecule has 1 aromatic carbocycles. The van der Waals surface area contributed by atoms with Gasteiger partial charge in [0.1, 0.15) is 17.3 Å². The highest BCUT2D eigenvalue weighted by Crippen LogP contribution is 2.35. The summed E-state index contributed by atoms with van der Waals surface area (Å²) in [6.45, 7) is 2.09. The summed E-state index contributed by atoms with van der Waals surface area (Å²) in [5.41, 5.74) is 4.48. The fourth-order valence-corrected chi connectivity index (χ4v) is 2.73. The zero-order chi connectivity index (χ0) is 17.8. The van der Waals surface area contributed by atoms with Crippen molar-refractivity contribution in [3.05, 3.63) is 59.1 Å². The smallest absolute Gasteiger partial charge is 0.342 e. The van der Waals surface area contributed by atoms with E-state index in [1.807, 2.05) is 12.2 Å². The first-order chi connectivity index (χ1) is 12.1. The average Bonchev–Trinajstić information content (AvgIpc) is 2.62. The van der Waals surface area contributed by atoms with Crippen molar-refractivity contribution >= 4 is 11.7 Å². The highest BCUT2D eigenvalue weighted by atomic mass is 16.7. The summed E-state index contributed by atoms with van der Waals surface area (Å²) in [4.78, 5) is 11.0. The van der Waals surface area contributed by atoms with Crippen LogP contribution in [0.15, 0.2) is 59.1 Å². The van der Waals surface area contributed by atoms with Gasteiger partial charge in [-0.25, -0.2) is 10.3 Å². The van der Waals surface area contributed by atoms with E-state index >= 15 is 0 Å². The molecule has 1 aliphatic carbocycles. The molecule has 1 atom stereocenters. The van der Waals surface area contributed by atoms with E-state index in [1.165, 1.54) is 16.6 Å². The molecule has 0 bridgehead atoms. The number of rotatable bonds is 4. The number of urea groups is 1. The molecule has 1 unspecified atom stereocenters. The maximum atomic E-state index is 11.0. The zero-order valence-electron chi connectivity index (χ0n) is 14.0. The molecule has 1 aliphatic heterocycles. The first-order valence-corrected chi connectivity index (χ1v) is 7.88. The summed E-state index contributed by atoms with van der Waals surface area (Å²) in [6, 6.07) is 6.10. The van der Waals surface area contributed by atoms with Crippen LogP contribution in [-0.4, -0.2) is 24.6 Å². The minimum Gasteiger partial charge on any atom is -0.464 e. The first kappa shape index (κ1) is 17.1. The van der Waals surface area contributed by atoms with Crippen LogP contribution in [0, 0.1) is 0 Å². The molecule has 0 saturated carbocycles. The number of hydroxylamine groups is 1. The molecule has 1 heterocycles. The predicted molar refractivity (Wildman–Crippen MR) is 91.0 cm³/mol. The molecule has 132 valence electrons. The Balaban J connectivity index is 1.69. The standard InChI is InChI=1S/C18H20N2O5/c1-11-9-17(23-2)25-16-10-14(7-8-15(11)16)24-13-5-3-12(4-6-13)19-18(21)20-22/h3-7,10,17,22H,8-9H2,1-2H3,(H2,19,20,21). The van der Waals surface area contributed by atoms with Gasteiger partial charge in [0.25, 0.3) is 0 Å². The van der Waals surface area contributed by atoms with Crippen molar-refractivity contribution in [3.63, 3.8) is 0 Å². The lowest BCUT2D eigenvalue weighted by molar-refractivity contribution is -0.0961. The lowest BCUT2D eigenvalue weighted by Gasteiger charge is -2.30. The Labute approximate surface area is 145 Å². The maximum Gasteiger partial charge on any atom is 0.342 e. The van der Waals surface area contributed by atoms with E-state index in [9.17, 15) is 4.79 Å². The monoisotopic (exact) mass is 344 g/mol. The van der Waals surface area contributed by atoms with Crippen molar-refractivity contribution in [2.24, 2.45) is 0 Å². The number of carbonyl (C=O) groups excluding carboxylic acids is 1. The van der Waals surface area contributed by atoms with Crippen LogP contribution in [0.1, 0.15) is 19.8 Å². The van der Waals surface area contributed by atoms with Gasteiger partial charge in [0, 0.05) is 25.3 Å². The molecular formula is C18H20N2O5. The summed E-state index contributed by atoms with van der Waals surface area (Å²) in [5, 5.41) is 10.9. The molecule has 25 heavy (non-hydrogen) atoms. The fourth-order valence-electron chi connectivity index (χ4n) is 2.73. The number of anilines is 1. The summed E-state index contributed by atoms with van der Waals surface area (Å²) < 4.78 is 17.0. The summed E-state index contributed by atoms with van der Waals surface area (Å²) in [6.07, 6.45) is 5.11. The Morgan fingerprint density at radius 2 is 2.08 bits per heavy atom. The number of ether oxygens (including phenoxy) is 3. The third kappa shape index (κ3) is 4.01. The van der Waals surface area contributed by atoms with E-state index in [0.29, 0.717) is 17.2 Å². The molecule has 7 heteroatoms. The number of hydrogen-bond acceptors (Lipinski definition) is 5. The fraction of sp³-hybridized carbons (Fsp3) is 0.278. The van der Waals surface area contributed by atoms with Crippen molar-refractivity contribution in [2.75, 3.05) is 12.4 Å². The normalized spacial score (nSPS) is 19.2. The number of amides is 2. The molecule has 0 spiro atoms. The average molecular weight is 344 g/mol. The van der Waals surface area contributed by atoms with Crippen LogP contribution in [0.25, 0.3) is 0 Å². The summed E-state index contributed by atoms with van der Waals surface area (Å²) >= 11 is 0. The second-order valence-electron chi connectivity index (χ2n) is 5.76. The van der Waals surface area contributed by atoms with Crippen LogP contribution in [0.4, 0.5) is 10.5 Å². The van der Waals surface area contributed by atoms with Crippen LogP contribution in [0.5, 0.6) is 5.75 Å². The van der Waals surface area contributed by atoms with E-state index < -0.39 is 6.03 Å². The number of hydrogen-bond donors (Lipinski definition) is 3. The highest BCUT2D eigenvalue weighted by molar-refractivity contribution is 5.88. The Bertz CT molecular complexity index is 749. The molecule has 0 aromatic heterocycles. The number of benzene rings is 1. The quantitative estimate of drug-likeness (QED) is 0.575. The Hall–Kier alpha value is -2.77. The van der Waals surface area contributed by atoms with Crippen LogP contribution in [-0.2, 0) is 9.47 Å². The molecule has 3 rings (SSSR count). The van der Waals surface area contributed by atoms with Crippen molar-refractivity contribution in [1.82, 2.24) is 5.48 Å². The van der Waals surface area contributed by atoms with Gasteiger partial charge >= 0.3 is 6.03 Å². The van der Waals surface area contributed by atoms with Gasteiger partial charge in [-0.1, -0.05) is 5.57 Å². The SMILES string of the molecule is COC1CC(C)=C2CC=C(Oc3ccc(NC(=O)NO)cc3)C=C2O1. The second kappa shape index (κ2) is 7.42. The van der Waals surface area contributed by atoms with Gasteiger partial charge in [-0.15, -0.1) is 0 Å². The molecule has 0 radical (unpaired) electrons. The maximum absolute atomic E-state index is 11.0. The topological polar surface area (TPSA) is 89.1 Å². The van der Waals surface area contributed by atoms with Gasteiger partial charge < -0.3 is 19.5 Å². The molecule has 2 aliphatic rings. The third-order valence-corrected chi connectivity index (χ3v) is 4.04. The number of nitrogens with one attached hydrogen (secondary N) is 2. The third-order valence-electron chi connectivity index (χ3n) is 4.04. The molecule has 7 nitrogen and oxygen atoms in total. The molecule has 2 amide bonds. The van der Waals surface area contributed by atoms with Gasteiger partial charge in [0.05, 0.1) is 0 Å².